The Morgan fingerprint density at radius 2 is 2.17 bits per heavy atom. The lowest BCUT2D eigenvalue weighted by molar-refractivity contribution is 0.561. The number of hydrogen-bond donors (Lipinski definition) is 1. The van der Waals surface area contributed by atoms with Gasteiger partial charge in [0, 0.05) is 31.7 Å². The molecule has 0 aliphatic carbocycles. The third-order valence-corrected chi connectivity index (χ3v) is 2.86. The first-order valence-electron chi connectivity index (χ1n) is 6.01. The minimum atomic E-state index is 0.0211. The lowest BCUT2D eigenvalue weighted by Crippen LogP contribution is -2.25. The minimum Gasteiger partial charge on any atom is -0.373 e. The Labute approximate surface area is 106 Å². The molecule has 2 heterocycles. The van der Waals surface area contributed by atoms with E-state index in [1.165, 1.54) is 0 Å². The van der Waals surface area contributed by atoms with Gasteiger partial charge in [-0.05, 0) is 31.5 Å². The molecule has 5 heteroatoms. The molecule has 0 aliphatic rings. The van der Waals surface area contributed by atoms with Crippen LogP contribution in [-0.4, -0.2) is 21.2 Å². The van der Waals surface area contributed by atoms with Crippen LogP contribution in [0.5, 0.6) is 0 Å². The summed E-state index contributed by atoms with van der Waals surface area (Å²) >= 11 is 0. The molecule has 2 aromatic rings. The molecule has 0 spiro atoms. The molecule has 0 aliphatic heterocycles. The number of anilines is 1. The molecular weight excluding hydrogens is 228 g/mol. The van der Waals surface area contributed by atoms with Crippen LogP contribution in [0.1, 0.15) is 25.5 Å². The van der Waals surface area contributed by atoms with Gasteiger partial charge in [-0.15, -0.1) is 0 Å². The Morgan fingerprint density at radius 3 is 2.78 bits per heavy atom. The fourth-order valence-corrected chi connectivity index (χ4v) is 1.85. The van der Waals surface area contributed by atoms with Crippen molar-refractivity contribution in [1.82, 2.24) is 14.1 Å². The van der Waals surface area contributed by atoms with Crippen LogP contribution in [-0.2, 0) is 6.54 Å². The van der Waals surface area contributed by atoms with Crippen LogP contribution in [0.2, 0.25) is 0 Å². The van der Waals surface area contributed by atoms with E-state index in [-0.39, 0.29) is 11.7 Å². The molecule has 0 saturated carbocycles. The smallest absolute Gasteiger partial charge is 0.328 e. The number of rotatable bonds is 4. The minimum absolute atomic E-state index is 0.0211. The maximum atomic E-state index is 12.1. The second-order valence-electron chi connectivity index (χ2n) is 4.51. The zero-order chi connectivity index (χ0) is 13.1. The van der Waals surface area contributed by atoms with Gasteiger partial charge >= 0.3 is 5.69 Å². The maximum absolute atomic E-state index is 12.1. The third-order valence-electron chi connectivity index (χ3n) is 2.86. The fraction of sp³-hybridized carbons (Fsp3) is 0.385. The molecule has 96 valence electrons. The summed E-state index contributed by atoms with van der Waals surface area (Å²) in [6.07, 6.45) is 5.39. The van der Waals surface area contributed by atoms with E-state index in [1.54, 1.807) is 15.3 Å². The monoisotopic (exact) mass is 246 g/mol. The number of nitrogens with one attached hydrogen (secondary N) is 1. The summed E-state index contributed by atoms with van der Waals surface area (Å²) in [6, 6.07) is 4.04. The van der Waals surface area contributed by atoms with E-state index in [4.69, 9.17) is 0 Å². The summed E-state index contributed by atoms with van der Waals surface area (Å²) in [7, 11) is 1.83. The molecule has 0 radical (unpaired) electrons. The zero-order valence-corrected chi connectivity index (χ0v) is 10.9. The van der Waals surface area contributed by atoms with Gasteiger partial charge in [0.05, 0.1) is 6.54 Å². The van der Waals surface area contributed by atoms with Gasteiger partial charge in [0.1, 0.15) is 5.82 Å². The second kappa shape index (κ2) is 5.08. The molecule has 18 heavy (non-hydrogen) atoms. The fourth-order valence-electron chi connectivity index (χ4n) is 1.85. The van der Waals surface area contributed by atoms with Crippen LogP contribution >= 0.6 is 0 Å². The molecule has 0 fully saturated rings. The molecule has 0 unspecified atom stereocenters. The second-order valence-corrected chi connectivity index (χ2v) is 4.51. The van der Waals surface area contributed by atoms with Crippen LogP contribution in [0, 0.1) is 0 Å². The highest BCUT2D eigenvalue weighted by molar-refractivity contribution is 5.36. The molecule has 0 aromatic carbocycles. The molecule has 0 bridgehead atoms. The Morgan fingerprint density at radius 1 is 1.39 bits per heavy atom. The topological polar surface area (TPSA) is 51.9 Å². The summed E-state index contributed by atoms with van der Waals surface area (Å²) in [5, 5.41) is 2.99. The van der Waals surface area contributed by atoms with Crippen LogP contribution in [0.15, 0.2) is 35.5 Å². The standard InChI is InChI=1S/C13H18N4O/c1-10(2)17-7-6-16(13(17)18)9-11-4-5-15-12(8-11)14-3/h4-8,10H,9H2,1-3H3,(H,14,15). The van der Waals surface area contributed by atoms with Gasteiger partial charge < -0.3 is 5.32 Å². The van der Waals surface area contributed by atoms with E-state index < -0.39 is 0 Å². The summed E-state index contributed by atoms with van der Waals surface area (Å²) in [5.74, 6) is 0.809. The quantitative estimate of drug-likeness (QED) is 0.893. The first-order chi connectivity index (χ1) is 8.61. The predicted octanol–water partition coefficient (Wildman–Crippen LogP) is 1.72. The number of pyridine rings is 1. The molecule has 2 aromatic heterocycles. The summed E-state index contributed by atoms with van der Waals surface area (Å²) in [6.45, 7) is 4.56. The van der Waals surface area contributed by atoms with Gasteiger partial charge in [-0.2, -0.15) is 0 Å². The predicted molar refractivity (Wildman–Crippen MR) is 72.0 cm³/mol. The Kier molecular flexibility index (Phi) is 3.50. The van der Waals surface area contributed by atoms with E-state index in [9.17, 15) is 4.79 Å². The highest BCUT2D eigenvalue weighted by atomic mass is 16.1. The average molecular weight is 246 g/mol. The SMILES string of the molecule is CNc1cc(Cn2ccn(C(C)C)c2=O)ccn1. The van der Waals surface area contributed by atoms with Crippen LogP contribution in [0.4, 0.5) is 5.82 Å². The highest BCUT2D eigenvalue weighted by Crippen LogP contribution is 2.07. The number of nitrogens with zero attached hydrogens (tertiary/aromatic N) is 3. The normalized spacial score (nSPS) is 10.9. The number of aromatic nitrogens is 3. The first-order valence-corrected chi connectivity index (χ1v) is 6.01. The van der Waals surface area contributed by atoms with Crippen molar-refractivity contribution in [1.29, 1.82) is 0 Å². The molecule has 0 saturated heterocycles. The van der Waals surface area contributed by atoms with E-state index in [1.807, 2.05) is 45.4 Å². The number of hydrogen-bond acceptors (Lipinski definition) is 3. The largest absolute Gasteiger partial charge is 0.373 e. The first kappa shape index (κ1) is 12.4. The molecule has 1 N–H and O–H groups in total. The van der Waals surface area contributed by atoms with Crippen molar-refractivity contribution in [2.24, 2.45) is 0 Å². The van der Waals surface area contributed by atoms with Crippen LogP contribution < -0.4 is 11.0 Å². The van der Waals surface area contributed by atoms with Gasteiger partial charge in [-0.3, -0.25) is 9.13 Å². The van der Waals surface area contributed by atoms with Crippen LogP contribution in [0.25, 0.3) is 0 Å². The van der Waals surface area contributed by atoms with E-state index in [2.05, 4.69) is 10.3 Å². The number of imidazole rings is 1. The maximum Gasteiger partial charge on any atom is 0.328 e. The molecule has 2 rings (SSSR count). The average Bonchev–Trinajstić information content (AvgIpc) is 2.71. The lowest BCUT2D eigenvalue weighted by atomic mass is 10.2. The van der Waals surface area contributed by atoms with Gasteiger partial charge in [0.15, 0.2) is 0 Å². The van der Waals surface area contributed by atoms with Gasteiger partial charge in [-0.25, -0.2) is 9.78 Å². The molecular formula is C13H18N4O. The van der Waals surface area contributed by atoms with Crippen molar-refractivity contribution < 1.29 is 0 Å². The molecule has 0 amide bonds. The van der Waals surface area contributed by atoms with Gasteiger partial charge in [0.25, 0.3) is 0 Å². The van der Waals surface area contributed by atoms with Crippen molar-refractivity contribution in [3.8, 4) is 0 Å². The van der Waals surface area contributed by atoms with E-state index in [0.29, 0.717) is 6.54 Å². The van der Waals surface area contributed by atoms with E-state index in [0.717, 1.165) is 11.4 Å². The van der Waals surface area contributed by atoms with Gasteiger partial charge in [0.2, 0.25) is 0 Å². The molecule has 0 atom stereocenters. The van der Waals surface area contributed by atoms with Gasteiger partial charge in [-0.1, -0.05) is 0 Å². The summed E-state index contributed by atoms with van der Waals surface area (Å²) in [5.41, 5.74) is 1.07. The molecule has 5 nitrogen and oxygen atoms in total. The lowest BCUT2D eigenvalue weighted by Gasteiger charge is -2.06. The van der Waals surface area contributed by atoms with Crippen molar-refractivity contribution in [2.75, 3.05) is 12.4 Å². The van der Waals surface area contributed by atoms with Crippen molar-refractivity contribution in [3.05, 3.63) is 46.8 Å². The summed E-state index contributed by atoms with van der Waals surface area (Å²) in [4.78, 5) is 16.2. The van der Waals surface area contributed by atoms with Crippen molar-refractivity contribution >= 4 is 5.82 Å². The Hall–Kier alpha value is -2.04. The van der Waals surface area contributed by atoms with Crippen molar-refractivity contribution in [2.45, 2.75) is 26.4 Å². The summed E-state index contributed by atoms with van der Waals surface area (Å²) < 4.78 is 3.43. The van der Waals surface area contributed by atoms with E-state index >= 15 is 0 Å². The van der Waals surface area contributed by atoms with Crippen LogP contribution in [0.3, 0.4) is 0 Å². The highest BCUT2D eigenvalue weighted by Gasteiger charge is 2.06. The van der Waals surface area contributed by atoms with Crippen molar-refractivity contribution in [3.63, 3.8) is 0 Å². The zero-order valence-electron chi connectivity index (χ0n) is 10.9. The Balaban J connectivity index is 2.26. The Bertz CT molecular complexity index is 583. The third kappa shape index (κ3) is 2.45.